The van der Waals surface area contributed by atoms with E-state index >= 15 is 0 Å². The molecule has 0 aliphatic heterocycles. The first kappa shape index (κ1) is 13.6. The predicted octanol–water partition coefficient (Wildman–Crippen LogP) is 4.01. The van der Waals surface area contributed by atoms with Gasteiger partial charge in [0.1, 0.15) is 12.4 Å². The second kappa shape index (κ2) is 6.95. The van der Waals surface area contributed by atoms with Crippen LogP contribution >= 0.6 is 15.9 Å². The van der Waals surface area contributed by atoms with Crippen molar-refractivity contribution in [2.45, 2.75) is 6.61 Å². The summed E-state index contributed by atoms with van der Waals surface area (Å²) in [5.41, 5.74) is 2.01. The predicted molar refractivity (Wildman–Crippen MR) is 79.5 cm³/mol. The number of hydrogen-bond donors (Lipinski definition) is 0. The summed E-state index contributed by atoms with van der Waals surface area (Å²) < 4.78 is 6.19. The molecule has 2 aromatic carbocycles. The van der Waals surface area contributed by atoms with Crippen LogP contribution in [-0.2, 0) is 11.4 Å². The van der Waals surface area contributed by atoms with Crippen LogP contribution in [0.3, 0.4) is 0 Å². The molecule has 0 spiro atoms. The molecule has 0 saturated carbocycles. The molecule has 0 amide bonds. The summed E-state index contributed by atoms with van der Waals surface area (Å²) in [5.74, 6) is 0.818. The Kier molecular flexibility index (Phi) is 4.98. The lowest BCUT2D eigenvalue weighted by Crippen LogP contribution is -1.90. The van der Waals surface area contributed by atoms with E-state index in [4.69, 9.17) is 9.57 Å². The van der Waals surface area contributed by atoms with E-state index in [2.05, 4.69) is 21.1 Å². The van der Waals surface area contributed by atoms with Crippen molar-refractivity contribution in [3.63, 3.8) is 0 Å². The van der Waals surface area contributed by atoms with Gasteiger partial charge >= 0.3 is 0 Å². The lowest BCUT2D eigenvalue weighted by Gasteiger charge is -2.03. The number of oxime groups is 1. The van der Waals surface area contributed by atoms with Gasteiger partial charge in [0.2, 0.25) is 0 Å². The van der Waals surface area contributed by atoms with Gasteiger partial charge < -0.3 is 9.57 Å². The van der Waals surface area contributed by atoms with Gasteiger partial charge in [0.25, 0.3) is 0 Å². The Morgan fingerprint density at radius 2 is 1.95 bits per heavy atom. The van der Waals surface area contributed by atoms with Crippen molar-refractivity contribution in [2.24, 2.45) is 5.16 Å². The van der Waals surface area contributed by atoms with Gasteiger partial charge in [-0.1, -0.05) is 45.4 Å². The van der Waals surface area contributed by atoms with Crippen LogP contribution in [0.2, 0.25) is 0 Å². The van der Waals surface area contributed by atoms with Crippen LogP contribution in [0, 0.1) is 0 Å². The van der Waals surface area contributed by atoms with Gasteiger partial charge in [-0.15, -0.1) is 0 Å². The molecule has 0 aliphatic carbocycles. The highest BCUT2D eigenvalue weighted by Crippen LogP contribution is 2.13. The standard InChI is InChI=1S/C15H14BrNO2/c1-18-15-4-2-3-13(9-15)11-19-17-10-12-5-7-14(16)8-6-12/h2-10H,11H2,1H3. The first-order valence-corrected chi connectivity index (χ1v) is 6.61. The minimum atomic E-state index is 0.421. The van der Waals surface area contributed by atoms with Crippen molar-refractivity contribution >= 4 is 22.1 Å². The van der Waals surface area contributed by atoms with Crippen molar-refractivity contribution < 1.29 is 9.57 Å². The maximum absolute atomic E-state index is 5.26. The Labute approximate surface area is 121 Å². The van der Waals surface area contributed by atoms with E-state index < -0.39 is 0 Å². The molecule has 19 heavy (non-hydrogen) atoms. The summed E-state index contributed by atoms with van der Waals surface area (Å²) in [7, 11) is 1.64. The van der Waals surface area contributed by atoms with E-state index in [-0.39, 0.29) is 0 Å². The molecule has 0 unspecified atom stereocenters. The molecule has 3 nitrogen and oxygen atoms in total. The maximum Gasteiger partial charge on any atom is 0.142 e. The fourth-order valence-corrected chi connectivity index (χ4v) is 1.79. The van der Waals surface area contributed by atoms with Crippen LogP contribution < -0.4 is 4.74 Å². The third kappa shape index (κ3) is 4.41. The summed E-state index contributed by atoms with van der Waals surface area (Å²) in [5, 5.41) is 3.94. The van der Waals surface area contributed by atoms with Crippen LogP contribution in [0.25, 0.3) is 0 Å². The molecule has 0 radical (unpaired) electrons. The van der Waals surface area contributed by atoms with Crippen molar-refractivity contribution in [3.05, 3.63) is 64.1 Å². The fraction of sp³-hybridized carbons (Fsp3) is 0.133. The van der Waals surface area contributed by atoms with Gasteiger partial charge in [-0.25, -0.2) is 0 Å². The molecular formula is C15H14BrNO2. The third-order valence-electron chi connectivity index (χ3n) is 2.51. The monoisotopic (exact) mass is 319 g/mol. The molecule has 0 N–H and O–H groups in total. The molecule has 2 rings (SSSR count). The van der Waals surface area contributed by atoms with Crippen molar-refractivity contribution in [1.82, 2.24) is 0 Å². The van der Waals surface area contributed by atoms with Gasteiger partial charge in [-0.2, -0.15) is 0 Å². The van der Waals surface area contributed by atoms with E-state index in [1.807, 2.05) is 48.5 Å². The van der Waals surface area contributed by atoms with E-state index in [0.29, 0.717) is 6.61 Å². The van der Waals surface area contributed by atoms with Crippen molar-refractivity contribution in [2.75, 3.05) is 7.11 Å². The van der Waals surface area contributed by atoms with Gasteiger partial charge in [-0.05, 0) is 35.4 Å². The smallest absolute Gasteiger partial charge is 0.142 e. The Morgan fingerprint density at radius 1 is 1.16 bits per heavy atom. The van der Waals surface area contributed by atoms with Crippen LogP contribution in [0.1, 0.15) is 11.1 Å². The summed E-state index contributed by atoms with van der Waals surface area (Å²) in [6, 6.07) is 15.6. The Balaban J connectivity index is 1.87. The molecule has 2 aromatic rings. The molecule has 0 atom stereocenters. The molecule has 0 heterocycles. The topological polar surface area (TPSA) is 30.8 Å². The second-order valence-electron chi connectivity index (χ2n) is 3.91. The lowest BCUT2D eigenvalue weighted by atomic mass is 10.2. The molecule has 0 saturated heterocycles. The summed E-state index contributed by atoms with van der Waals surface area (Å²) in [6.45, 7) is 0.421. The van der Waals surface area contributed by atoms with Gasteiger partial charge in [-0.3, -0.25) is 0 Å². The number of rotatable bonds is 5. The van der Waals surface area contributed by atoms with Crippen molar-refractivity contribution in [1.29, 1.82) is 0 Å². The Hall–Kier alpha value is -1.81. The van der Waals surface area contributed by atoms with Gasteiger partial charge in [0, 0.05) is 4.47 Å². The molecule has 0 bridgehead atoms. The molecule has 0 aromatic heterocycles. The first-order chi connectivity index (χ1) is 9.28. The zero-order valence-corrected chi connectivity index (χ0v) is 12.1. The second-order valence-corrected chi connectivity index (χ2v) is 4.83. The van der Waals surface area contributed by atoms with Gasteiger partial charge in [0.15, 0.2) is 0 Å². The number of nitrogens with zero attached hydrogens (tertiary/aromatic N) is 1. The number of halogens is 1. The zero-order valence-electron chi connectivity index (χ0n) is 10.5. The highest BCUT2D eigenvalue weighted by atomic mass is 79.9. The molecule has 0 aliphatic rings. The van der Waals surface area contributed by atoms with Crippen LogP contribution in [0.4, 0.5) is 0 Å². The molecule has 98 valence electrons. The summed E-state index contributed by atoms with van der Waals surface area (Å²) >= 11 is 3.38. The number of hydrogen-bond acceptors (Lipinski definition) is 3. The average Bonchev–Trinajstić information content (AvgIpc) is 2.46. The summed E-state index contributed by atoms with van der Waals surface area (Å²) in [6.07, 6.45) is 1.69. The van der Waals surface area contributed by atoms with Gasteiger partial charge in [0.05, 0.1) is 13.3 Å². The SMILES string of the molecule is COc1cccc(CON=Cc2ccc(Br)cc2)c1. The minimum Gasteiger partial charge on any atom is -0.497 e. The Morgan fingerprint density at radius 3 is 2.68 bits per heavy atom. The minimum absolute atomic E-state index is 0.421. The number of ether oxygens (including phenoxy) is 1. The fourth-order valence-electron chi connectivity index (χ4n) is 1.52. The number of methoxy groups -OCH3 is 1. The lowest BCUT2D eigenvalue weighted by molar-refractivity contribution is 0.132. The van der Waals surface area contributed by atoms with E-state index in [9.17, 15) is 0 Å². The summed E-state index contributed by atoms with van der Waals surface area (Å²) in [4.78, 5) is 5.26. The van der Waals surface area contributed by atoms with Crippen molar-refractivity contribution in [3.8, 4) is 5.75 Å². The Bertz CT molecular complexity index is 552. The number of benzene rings is 2. The third-order valence-corrected chi connectivity index (χ3v) is 3.04. The average molecular weight is 320 g/mol. The largest absolute Gasteiger partial charge is 0.497 e. The highest BCUT2D eigenvalue weighted by Gasteiger charge is 1.95. The van der Waals surface area contributed by atoms with Crippen LogP contribution in [0.15, 0.2) is 58.2 Å². The molecule has 0 fully saturated rings. The van der Waals surface area contributed by atoms with E-state index in [1.165, 1.54) is 0 Å². The maximum atomic E-state index is 5.26. The normalized spacial score (nSPS) is 10.6. The van der Waals surface area contributed by atoms with E-state index in [1.54, 1.807) is 13.3 Å². The van der Waals surface area contributed by atoms with Crippen LogP contribution in [-0.4, -0.2) is 13.3 Å². The van der Waals surface area contributed by atoms with Crippen LogP contribution in [0.5, 0.6) is 5.75 Å². The quantitative estimate of drug-likeness (QED) is 0.616. The highest BCUT2D eigenvalue weighted by molar-refractivity contribution is 9.10. The van der Waals surface area contributed by atoms with E-state index in [0.717, 1.165) is 21.3 Å². The molecular weight excluding hydrogens is 306 g/mol. The molecule has 4 heteroatoms. The first-order valence-electron chi connectivity index (χ1n) is 5.82. The zero-order chi connectivity index (χ0) is 13.5.